The van der Waals surface area contributed by atoms with E-state index in [9.17, 15) is 14.4 Å². The topological polar surface area (TPSA) is 94.8 Å². The molecule has 0 aliphatic rings. The smallest absolute Gasteiger partial charge is 0.376 e. The number of nitrogens with one attached hydrogen (secondary N) is 1. The molecule has 0 unspecified atom stereocenters. The number of ether oxygens (including phenoxy) is 2. The monoisotopic (exact) mass is 401 g/mol. The average molecular weight is 402 g/mol. The molecule has 3 rings (SSSR count). The SMILES string of the molecule is CCOC(=O)c1oc2ccccc2c1NC(=O)COC(=O)c1ccccc1Cl. The predicted octanol–water partition coefficient (Wildman–Crippen LogP) is 4.06. The number of carbonyl (C=O) groups is 3. The number of furan rings is 1. The van der Waals surface area contributed by atoms with Crippen LogP contribution >= 0.6 is 11.6 Å². The third-order valence-corrected chi connectivity index (χ3v) is 4.08. The van der Waals surface area contributed by atoms with E-state index in [1.165, 1.54) is 6.07 Å². The molecule has 8 heteroatoms. The maximum absolute atomic E-state index is 12.3. The molecule has 144 valence electrons. The highest BCUT2D eigenvalue weighted by Crippen LogP contribution is 2.31. The Balaban J connectivity index is 1.75. The molecule has 0 radical (unpaired) electrons. The first-order valence-electron chi connectivity index (χ1n) is 8.41. The molecule has 7 nitrogen and oxygen atoms in total. The van der Waals surface area contributed by atoms with E-state index in [1.54, 1.807) is 49.4 Å². The third kappa shape index (κ3) is 4.15. The van der Waals surface area contributed by atoms with Gasteiger partial charge in [-0.05, 0) is 31.2 Å². The molecule has 1 aromatic heterocycles. The van der Waals surface area contributed by atoms with Crippen LogP contribution in [-0.4, -0.2) is 31.1 Å². The van der Waals surface area contributed by atoms with Crippen LogP contribution < -0.4 is 5.32 Å². The van der Waals surface area contributed by atoms with Crippen LogP contribution in [0.5, 0.6) is 0 Å². The van der Waals surface area contributed by atoms with Crippen LogP contribution in [0, 0.1) is 0 Å². The van der Waals surface area contributed by atoms with Gasteiger partial charge in [-0.25, -0.2) is 9.59 Å². The molecule has 0 saturated carbocycles. The van der Waals surface area contributed by atoms with Crippen molar-refractivity contribution >= 4 is 46.1 Å². The number of anilines is 1. The van der Waals surface area contributed by atoms with Crippen LogP contribution in [0.25, 0.3) is 11.0 Å². The maximum Gasteiger partial charge on any atom is 0.376 e. The van der Waals surface area contributed by atoms with Gasteiger partial charge >= 0.3 is 11.9 Å². The van der Waals surface area contributed by atoms with Crippen LogP contribution in [0.3, 0.4) is 0 Å². The van der Waals surface area contributed by atoms with Gasteiger partial charge in [-0.15, -0.1) is 0 Å². The summed E-state index contributed by atoms with van der Waals surface area (Å²) >= 11 is 5.94. The van der Waals surface area contributed by atoms with Gasteiger partial charge in [-0.2, -0.15) is 0 Å². The zero-order chi connectivity index (χ0) is 20.1. The first-order valence-corrected chi connectivity index (χ1v) is 8.79. The Bertz CT molecular complexity index is 1040. The highest BCUT2D eigenvalue weighted by atomic mass is 35.5. The van der Waals surface area contributed by atoms with Crippen molar-refractivity contribution < 1.29 is 28.3 Å². The van der Waals surface area contributed by atoms with Crippen LogP contribution in [-0.2, 0) is 14.3 Å². The van der Waals surface area contributed by atoms with Crippen molar-refractivity contribution in [3.8, 4) is 0 Å². The number of amides is 1. The second kappa shape index (κ2) is 8.58. The Labute approximate surface area is 165 Å². The molecule has 1 heterocycles. The van der Waals surface area contributed by atoms with Crippen LogP contribution in [0.4, 0.5) is 5.69 Å². The lowest BCUT2D eigenvalue weighted by atomic mass is 10.2. The molecular formula is C20H16ClNO6. The number of esters is 2. The average Bonchev–Trinajstić information content (AvgIpc) is 3.05. The van der Waals surface area contributed by atoms with Crippen molar-refractivity contribution in [1.29, 1.82) is 0 Å². The van der Waals surface area contributed by atoms with Crippen molar-refractivity contribution in [2.75, 3.05) is 18.5 Å². The second-order valence-electron chi connectivity index (χ2n) is 5.63. The minimum absolute atomic E-state index is 0.131. The number of rotatable bonds is 6. The van der Waals surface area contributed by atoms with Crippen molar-refractivity contribution in [1.82, 2.24) is 0 Å². The highest BCUT2D eigenvalue weighted by molar-refractivity contribution is 6.33. The lowest BCUT2D eigenvalue weighted by Crippen LogP contribution is -2.22. The zero-order valence-corrected chi connectivity index (χ0v) is 15.6. The van der Waals surface area contributed by atoms with Gasteiger partial charge in [0.05, 0.1) is 17.2 Å². The summed E-state index contributed by atoms with van der Waals surface area (Å²) in [5, 5.41) is 3.30. The quantitative estimate of drug-likeness (QED) is 0.626. The molecule has 1 N–H and O–H groups in total. The lowest BCUT2D eigenvalue weighted by Gasteiger charge is -2.08. The Kier molecular flexibility index (Phi) is 5.96. The summed E-state index contributed by atoms with van der Waals surface area (Å²) in [4.78, 5) is 36.5. The molecule has 0 fully saturated rings. The second-order valence-corrected chi connectivity index (χ2v) is 6.03. The minimum atomic E-state index is -0.733. The number of para-hydroxylation sites is 1. The molecule has 1 amide bonds. The Morgan fingerprint density at radius 1 is 1.00 bits per heavy atom. The summed E-state index contributed by atoms with van der Waals surface area (Å²) in [5.41, 5.74) is 0.722. The Hall–Kier alpha value is -3.32. The Morgan fingerprint density at radius 2 is 1.71 bits per heavy atom. The fourth-order valence-electron chi connectivity index (χ4n) is 2.52. The van der Waals surface area contributed by atoms with Crippen molar-refractivity contribution in [3.63, 3.8) is 0 Å². The first-order chi connectivity index (χ1) is 13.5. The van der Waals surface area contributed by atoms with Gasteiger partial charge in [0.15, 0.2) is 6.61 Å². The number of benzene rings is 2. The molecule has 3 aromatic rings. The summed E-state index contributed by atoms with van der Waals surface area (Å²) in [7, 11) is 0. The van der Waals surface area contributed by atoms with E-state index in [-0.39, 0.29) is 28.6 Å². The van der Waals surface area contributed by atoms with Crippen LogP contribution in [0.1, 0.15) is 27.8 Å². The molecule has 0 aliphatic heterocycles. The molecule has 0 spiro atoms. The lowest BCUT2D eigenvalue weighted by molar-refractivity contribution is -0.119. The third-order valence-electron chi connectivity index (χ3n) is 3.75. The summed E-state index contributed by atoms with van der Waals surface area (Å²) in [6.45, 7) is 1.25. The van der Waals surface area contributed by atoms with Gasteiger partial charge in [0.1, 0.15) is 11.3 Å². The molecular weight excluding hydrogens is 386 g/mol. The van der Waals surface area contributed by atoms with Gasteiger partial charge < -0.3 is 19.2 Å². The van der Waals surface area contributed by atoms with E-state index in [4.69, 9.17) is 25.5 Å². The van der Waals surface area contributed by atoms with Gasteiger partial charge in [0.2, 0.25) is 5.76 Å². The highest BCUT2D eigenvalue weighted by Gasteiger charge is 2.23. The zero-order valence-electron chi connectivity index (χ0n) is 14.9. The molecule has 2 aromatic carbocycles. The van der Waals surface area contributed by atoms with E-state index in [1.807, 2.05) is 0 Å². The van der Waals surface area contributed by atoms with Crippen molar-refractivity contribution in [2.45, 2.75) is 6.92 Å². The number of carbonyl (C=O) groups excluding carboxylic acids is 3. The summed E-state index contributed by atoms with van der Waals surface area (Å²) in [5.74, 6) is -2.21. The number of hydrogen-bond donors (Lipinski definition) is 1. The molecule has 0 aliphatic carbocycles. The van der Waals surface area contributed by atoms with Gasteiger partial charge in [-0.3, -0.25) is 4.79 Å². The number of hydrogen-bond acceptors (Lipinski definition) is 6. The van der Waals surface area contributed by atoms with Crippen LogP contribution in [0.15, 0.2) is 52.9 Å². The number of fused-ring (bicyclic) bond motifs is 1. The molecule has 0 bridgehead atoms. The number of halogens is 1. The van der Waals surface area contributed by atoms with Crippen molar-refractivity contribution in [2.24, 2.45) is 0 Å². The van der Waals surface area contributed by atoms with Gasteiger partial charge in [0, 0.05) is 5.39 Å². The van der Waals surface area contributed by atoms with E-state index in [0.29, 0.717) is 11.0 Å². The summed E-state index contributed by atoms with van der Waals surface area (Å²) in [6.07, 6.45) is 0. The van der Waals surface area contributed by atoms with E-state index < -0.39 is 24.5 Å². The van der Waals surface area contributed by atoms with Crippen molar-refractivity contribution in [3.05, 3.63) is 64.9 Å². The normalized spacial score (nSPS) is 10.5. The van der Waals surface area contributed by atoms with Gasteiger partial charge in [-0.1, -0.05) is 35.9 Å². The molecule has 28 heavy (non-hydrogen) atoms. The largest absolute Gasteiger partial charge is 0.460 e. The van der Waals surface area contributed by atoms with Gasteiger partial charge in [0.25, 0.3) is 5.91 Å². The minimum Gasteiger partial charge on any atom is -0.460 e. The fourth-order valence-corrected chi connectivity index (χ4v) is 2.73. The molecule has 0 saturated heterocycles. The first kappa shape index (κ1) is 19.4. The van der Waals surface area contributed by atoms with E-state index >= 15 is 0 Å². The standard InChI is InChI=1S/C20H16ClNO6/c1-2-26-20(25)18-17(13-8-4-6-10-15(13)28-18)22-16(23)11-27-19(24)12-7-3-5-9-14(12)21/h3-10H,2,11H2,1H3,(H,22,23). The van der Waals surface area contributed by atoms with E-state index in [2.05, 4.69) is 5.32 Å². The summed E-state index contributed by atoms with van der Waals surface area (Å²) < 4.78 is 15.5. The van der Waals surface area contributed by atoms with Crippen LogP contribution in [0.2, 0.25) is 5.02 Å². The maximum atomic E-state index is 12.3. The summed E-state index contributed by atoms with van der Waals surface area (Å²) in [6, 6.07) is 13.2. The Morgan fingerprint density at radius 3 is 2.46 bits per heavy atom. The predicted molar refractivity (Wildman–Crippen MR) is 103 cm³/mol. The molecule has 0 atom stereocenters. The van der Waals surface area contributed by atoms with E-state index in [0.717, 1.165) is 0 Å². The fraction of sp³-hybridized carbons (Fsp3) is 0.150.